The van der Waals surface area contributed by atoms with E-state index in [1.807, 2.05) is 0 Å². The molecule has 6 heteroatoms. The highest BCUT2D eigenvalue weighted by molar-refractivity contribution is 5.71. The summed E-state index contributed by atoms with van der Waals surface area (Å²) in [5.41, 5.74) is 0. The van der Waals surface area contributed by atoms with Crippen molar-refractivity contribution < 1.29 is 28.6 Å². The highest BCUT2D eigenvalue weighted by Gasteiger charge is 2.19. The minimum absolute atomic E-state index is 0.0763. The molecule has 0 aromatic rings. The Labute approximate surface area is 429 Å². The van der Waals surface area contributed by atoms with Gasteiger partial charge in [0.25, 0.3) is 0 Å². The summed E-state index contributed by atoms with van der Waals surface area (Å²) in [6, 6.07) is 0. The van der Waals surface area contributed by atoms with Gasteiger partial charge in [-0.15, -0.1) is 0 Å². The highest BCUT2D eigenvalue weighted by atomic mass is 16.6. The van der Waals surface area contributed by atoms with Crippen molar-refractivity contribution in [3.63, 3.8) is 0 Å². The molecule has 69 heavy (non-hydrogen) atoms. The Bertz CT molecular complexity index is 1160. The van der Waals surface area contributed by atoms with E-state index in [0.717, 1.165) is 64.2 Å². The maximum absolute atomic E-state index is 12.9. The van der Waals surface area contributed by atoms with Crippen LogP contribution in [0.15, 0.2) is 36.5 Å². The summed E-state index contributed by atoms with van der Waals surface area (Å²) < 4.78 is 16.9. The van der Waals surface area contributed by atoms with Crippen LogP contribution in [0.1, 0.15) is 329 Å². The number of allylic oxidation sites excluding steroid dienone is 6. The molecule has 0 saturated carbocycles. The normalized spacial score (nSPS) is 12.2. The van der Waals surface area contributed by atoms with E-state index in [1.165, 1.54) is 225 Å². The van der Waals surface area contributed by atoms with Gasteiger partial charge in [0, 0.05) is 19.3 Å². The molecule has 0 aromatic heterocycles. The SMILES string of the molecule is CCCCCCCC/C=C\CCCCCCCC(=O)OCC(COC(=O)CCCCCCCCC/C=C\CCCCCCCCC)OC(=O)CCCCCCCCC/C=C\CCCCCCCCC. The molecule has 0 amide bonds. The number of carbonyl (C=O) groups excluding carboxylic acids is 3. The molecule has 0 radical (unpaired) electrons. The minimum atomic E-state index is -0.778. The first kappa shape index (κ1) is 66.6. The maximum atomic E-state index is 12.9. The Morgan fingerprint density at radius 1 is 0.275 bits per heavy atom. The molecule has 0 rings (SSSR count). The third kappa shape index (κ3) is 56.4. The quantitative estimate of drug-likeness (QED) is 0.0261. The summed E-state index contributed by atoms with van der Waals surface area (Å²) in [4.78, 5) is 38.2. The standard InChI is InChI=1S/C63H116O6/c1-4-7-10-13-16-19-22-25-28-30-32-35-38-41-44-47-50-53-56-62(65)68-59-60(58-67-61(64)55-52-49-46-43-40-37-34-27-24-21-18-15-12-9-6-3)69-63(66)57-54-51-48-45-42-39-36-33-31-29-26-23-20-17-14-11-8-5-2/h27-31,34,60H,4-26,32-33,35-59H2,1-3H3/b30-28-,31-29-,34-27-. The summed E-state index contributed by atoms with van der Waals surface area (Å²) >= 11 is 0. The molecule has 0 aromatic carbocycles. The summed E-state index contributed by atoms with van der Waals surface area (Å²) in [6.45, 7) is 6.66. The van der Waals surface area contributed by atoms with Crippen molar-refractivity contribution in [3.05, 3.63) is 36.5 Å². The van der Waals surface area contributed by atoms with Crippen molar-refractivity contribution >= 4 is 17.9 Å². The number of carbonyl (C=O) groups is 3. The number of hydrogen-bond donors (Lipinski definition) is 0. The summed E-state index contributed by atoms with van der Waals surface area (Å²) in [7, 11) is 0. The van der Waals surface area contributed by atoms with Crippen molar-refractivity contribution in [2.75, 3.05) is 13.2 Å². The van der Waals surface area contributed by atoms with Gasteiger partial charge in [0.1, 0.15) is 13.2 Å². The molecule has 0 saturated heterocycles. The van der Waals surface area contributed by atoms with Gasteiger partial charge >= 0.3 is 17.9 Å². The predicted octanol–water partition coefficient (Wildman–Crippen LogP) is 20.4. The Morgan fingerprint density at radius 2 is 0.478 bits per heavy atom. The number of ether oxygens (including phenoxy) is 3. The lowest BCUT2D eigenvalue weighted by atomic mass is 10.1. The third-order valence-electron chi connectivity index (χ3n) is 13.6. The average Bonchev–Trinajstić information content (AvgIpc) is 3.35. The van der Waals surface area contributed by atoms with Crippen LogP contribution < -0.4 is 0 Å². The molecule has 0 bridgehead atoms. The van der Waals surface area contributed by atoms with Crippen molar-refractivity contribution in [1.29, 1.82) is 0 Å². The lowest BCUT2D eigenvalue weighted by molar-refractivity contribution is -0.167. The van der Waals surface area contributed by atoms with Gasteiger partial charge in [-0.3, -0.25) is 14.4 Å². The Kier molecular flexibility index (Phi) is 56.2. The molecule has 0 fully saturated rings. The number of rotatable bonds is 56. The van der Waals surface area contributed by atoms with Crippen molar-refractivity contribution in [2.24, 2.45) is 0 Å². The van der Waals surface area contributed by atoms with Gasteiger partial charge in [0.05, 0.1) is 0 Å². The molecule has 1 atom stereocenters. The molecule has 0 aliphatic heterocycles. The molecular formula is C63H116O6. The first-order valence-corrected chi connectivity index (χ1v) is 30.5. The molecule has 0 spiro atoms. The second-order valence-electron chi connectivity index (χ2n) is 20.6. The van der Waals surface area contributed by atoms with E-state index in [-0.39, 0.29) is 31.1 Å². The van der Waals surface area contributed by atoms with Crippen molar-refractivity contribution in [2.45, 2.75) is 335 Å². The Morgan fingerprint density at radius 3 is 0.725 bits per heavy atom. The third-order valence-corrected chi connectivity index (χ3v) is 13.6. The van der Waals surface area contributed by atoms with Gasteiger partial charge in [0.2, 0.25) is 0 Å². The average molecular weight is 970 g/mol. The van der Waals surface area contributed by atoms with E-state index in [1.54, 1.807) is 0 Å². The van der Waals surface area contributed by atoms with Crippen LogP contribution >= 0.6 is 0 Å². The van der Waals surface area contributed by atoms with Crippen LogP contribution in [0.3, 0.4) is 0 Å². The second kappa shape index (κ2) is 58.2. The molecule has 0 aliphatic carbocycles. The second-order valence-corrected chi connectivity index (χ2v) is 20.6. The largest absolute Gasteiger partial charge is 0.462 e. The maximum Gasteiger partial charge on any atom is 0.306 e. The summed E-state index contributed by atoms with van der Waals surface area (Å²) in [5, 5.41) is 0. The van der Waals surface area contributed by atoms with Crippen LogP contribution in [0.4, 0.5) is 0 Å². The van der Waals surface area contributed by atoms with Gasteiger partial charge in [-0.2, -0.15) is 0 Å². The van der Waals surface area contributed by atoms with Crippen LogP contribution in [0, 0.1) is 0 Å². The lowest BCUT2D eigenvalue weighted by Crippen LogP contribution is -2.30. The fraction of sp³-hybridized carbons (Fsp3) is 0.857. The first-order chi connectivity index (χ1) is 34.0. The van der Waals surface area contributed by atoms with Crippen LogP contribution in [0.25, 0.3) is 0 Å². The van der Waals surface area contributed by atoms with Gasteiger partial charge in [-0.25, -0.2) is 0 Å². The van der Waals surface area contributed by atoms with E-state index < -0.39 is 6.10 Å². The van der Waals surface area contributed by atoms with Crippen molar-refractivity contribution in [1.82, 2.24) is 0 Å². The molecular weight excluding hydrogens is 853 g/mol. The summed E-state index contributed by atoms with van der Waals surface area (Å²) in [6.07, 6.45) is 69.9. The monoisotopic (exact) mass is 969 g/mol. The van der Waals surface area contributed by atoms with Gasteiger partial charge in [0.15, 0.2) is 6.10 Å². The smallest absolute Gasteiger partial charge is 0.306 e. The first-order valence-electron chi connectivity index (χ1n) is 30.5. The van der Waals surface area contributed by atoms with E-state index in [0.29, 0.717) is 19.3 Å². The topological polar surface area (TPSA) is 78.9 Å². The lowest BCUT2D eigenvalue weighted by Gasteiger charge is -2.18. The zero-order valence-electron chi connectivity index (χ0n) is 46.3. The fourth-order valence-corrected chi connectivity index (χ4v) is 8.96. The Balaban J connectivity index is 4.36. The number of unbranched alkanes of at least 4 members (excludes halogenated alkanes) is 39. The van der Waals surface area contributed by atoms with Crippen LogP contribution in [0.2, 0.25) is 0 Å². The highest BCUT2D eigenvalue weighted by Crippen LogP contribution is 2.16. The molecule has 404 valence electrons. The zero-order valence-corrected chi connectivity index (χ0v) is 46.3. The molecule has 6 nitrogen and oxygen atoms in total. The van der Waals surface area contributed by atoms with Crippen LogP contribution in [0.5, 0.6) is 0 Å². The molecule has 0 N–H and O–H groups in total. The zero-order chi connectivity index (χ0) is 50.0. The van der Waals surface area contributed by atoms with Crippen LogP contribution in [-0.2, 0) is 28.6 Å². The molecule has 0 heterocycles. The van der Waals surface area contributed by atoms with E-state index in [4.69, 9.17) is 14.2 Å². The van der Waals surface area contributed by atoms with E-state index in [2.05, 4.69) is 57.2 Å². The van der Waals surface area contributed by atoms with E-state index >= 15 is 0 Å². The predicted molar refractivity (Wildman–Crippen MR) is 298 cm³/mol. The fourth-order valence-electron chi connectivity index (χ4n) is 8.96. The van der Waals surface area contributed by atoms with Gasteiger partial charge in [-0.1, -0.05) is 250 Å². The Hall–Kier alpha value is -2.37. The van der Waals surface area contributed by atoms with Gasteiger partial charge < -0.3 is 14.2 Å². The van der Waals surface area contributed by atoms with Crippen LogP contribution in [-0.4, -0.2) is 37.2 Å². The van der Waals surface area contributed by atoms with Gasteiger partial charge in [-0.05, 0) is 96.3 Å². The minimum Gasteiger partial charge on any atom is -0.462 e. The number of esters is 3. The summed E-state index contributed by atoms with van der Waals surface area (Å²) in [5.74, 6) is -0.875. The molecule has 1 unspecified atom stereocenters. The van der Waals surface area contributed by atoms with Crippen molar-refractivity contribution in [3.8, 4) is 0 Å². The van der Waals surface area contributed by atoms with E-state index in [9.17, 15) is 14.4 Å². The number of hydrogen-bond acceptors (Lipinski definition) is 6. The molecule has 0 aliphatic rings.